The third-order valence-electron chi connectivity index (χ3n) is 3.08. The van der Waals surface area contributed by atoms with Crippen LogP contribution in [0.5, 0.6) is 11.5 Å². The van der Waals surface area contributed by atoms with Crippen molar-refractivity contribution in [2.75, 3.05) is 14.2 Å². The Balaban J connectivity index is 3.23. The second-order valence-corrected chi connectivity index (χ2v) is 4.37. The van der Waals surface area contributed by atoms with E-state index in [0.29, 0.717) is 5.75 Å². The van der Waals surface area contributed by atoms with Gasteiger partial charge in [0.2, 0.25) is 0 Å². The average molecular weight is 224 g/mol. The molecule has 0 unspecified atom stereocenters. The van der Waals surface area contributed by atoms with Gasteiger partial charge in [0, 0.05) is 11.6 Å². The number of aliphatic hydroxyl groups is 1. The molecule has 1 aromatic rings. The van der Waals surface area contributed by atoms with Gasteiger partial charge in [0.25, 0.3) is 0 Å². The van der Waals surface area contributed by atoms with Crippen molar-refractivity contribution >= 4 is 0 Å². The number of benzene rings is 1. The molecule has 1 atom stereocenters. The predicted octanol–water partition coefficient (Wildman–Crippen LogP) is 2.57. The van der Waals surface area contributed by atoms with Gasteiger partial charge in [-0.2, -0.15) is 0 Å². The fourth-order valence-electron chi connectivity index (χ4n) is 1.53. The van der Waals surface area contributed by atoms with E-state index in [1.54, 1.807) is 27.2 Å². The van der Waals surface area contributed by atoms with Crippen LogP contribution in [-0.2, 0) is 5.60 Å². The van der Waals surface area contributed by atoms with E-state index in [1.165, 1.54) is 0 Å². The lowest BCUT2D eigenvalue weighted by Gasteiger charge is -2.29. The molecule has 0 bridgehead atoms. The predicted molar refractivity (Wildman–Crippen MR) is 64.0 cm³/mol. The number of methoxy groups -OCH3 is 2. The van der Waals surface area contributed by atoms with Crippen LogP contribution in [0.4, 0.5) is 0 Å². The summed E-state index contributed by atoms with van der Waals surface area (Å²) in [7, 11) is 3.20. The summed E-state index contributed by atoms with van der Waals surface area (Å²) in [6, 6.07) is 5.46. The van der Waals surface area contributed by atoms with Crippen LogP contribution in [0.2, 0.25) is 0 Å². The highest BCUT2D eigenvalue weighted by atomic mass is 16.5. The Kier molecular flexibility index (Phi) is 3.81. The summed E-state index contributed by atoms with van der Waals surface area (Å²) in [6.45, 7) is 5.75. The van der Waals surface area contributed by atoms with E-state index in [-0.39, 0.29) is 5.92 Å². The molecule has 0 saturated carbocycles. The van der Waals surface area contributed by atoms with Crippen LogP contribution in [0.3, 0.4) is 0 Å². The molecule has 0 radical (unpaired) electrons. The Morgan fingerprint density at radius 3 is 2.25 bits per heavy atom. The molecule has 0 aliphatic rings. The quantitative estimate of drug-likeness (QED) is 0.854. The zero-order valence-corrected chi connectivity index (χ0v) is 10.6. The minimum Gasteiger partial charge on any atom is -0.497 e. The lowest BCUT2D eigenvalue weighted by molar-refractivity contribution is 0.00691. The second-order valence-electron chi connectivity index (χ2n) is 4.37. The molecule has 3 nitrogen and oxygen atoms in total. The van der Waals surface area contributed by atoms with Crippen molar-refractivity contribution in [2.45, 2.75) is 26.4 Å². The standard InChI is InChI=1S/C13H20O3/c1-9(2)13(3,14)11-7-6-10(15-4)8-12(11)16-5/h6-9,14H,1-5H3/t13-/m0/s1. The Morgan fingerprint density at radius 1 is 1.19 bits per heavy atom. The zero-order chi connectivity index (χ0) is 12.3. The van der Waals surface area contributed by atoms with Crippen molar-refractivity contribution < 1.29 is 14.6 Å². The zero-order valence-electron chi connectivity index (χ0n) is 10.6. The highest BCUT2D eigenvalue weighted by Crippen LogP contribution is 2.37. The van der Waals surface area contributed by atoms with E-state index in [4.69, 9.17) is 9.47 Å². The fraction of sp³-hybridized carbons (Fsp3) is 0.538. The van der Waals surface area contributed by atoms with Crippen molar-refractivity contribution in [3.8, 4) is 11.5 Å². The topological polar surface area (TPSA) is 38.7 Å². The lowest BCUT2D eigenvalue weighted by Crippen LogP contribution is -2.28. The highest BCUT2D eigenvalue weighted by molar-refractivity contribution is 5.43. The third-order valence-corrected chi connectivity index (χ3v) is 3.08. The van der Waals surface area contributed by atoms with Crippen LogP contribution >= 0.6 is 0 Å². The molecule has 1 rings (SSSR count). The molecule has 0 amide bonds. The smallest absolute Gasteiger partial charge is 0.128 e. The van der Waals surface area contributed by atoms with Crippen LogP contribution in [0.1, 0.15) is 26.3 Å². The maximum Gasteiger partial charge on any atom is 0.128 e. The van der Waals surface area contributed by atoms with Gasteiger partial charge in [-0.15, -0.1) is 0 Å². The van der Waals surface area contributed by atoms with Gasteiger partial charge >= 0.3 is 0 Å². The molecule has 90 valence electrons. The monoisotopic (exact) mass is 224 g/mol. The Hall–Kier alpha value is -1.22. The summed E-state index contributed by atoms with van der Waals surface area (Å²) < 4.78 is 10.4. The van der Waals surface area contributed by atoms with E-state index >= 15 is 0 Å². The van der Waals surface area contributed by atoms with Gasteiger partial charge in [-0.3, -0.25) is 0 Å². The molecule has 0 aromatic heterocycles. The maximum absolute atomic E-state index is 10.4. The molecule has 0 heterocycles. The average Bonchev–Trinajstić information content (AvgIpc) is 2.27. The SMILES string of the molecule is COc1ccc([C@@](C)(O)C(C)C)c(OC)c1. The molecule has 0 spiro atoms. The summed E-state index contributed by atoms with van der Waals surface area (Å²) in [4.78, 5) is 0. The minimum absolute atomic E-state index is 0.106. The molecule has 1 aromatic carbocycles. The molecule has 0 aliphatic heterocycles. The van der Waals surface area contributed by atoms with Gasteiger partial charge < -0.3 is 14.6 Å². The normalized spacial score (nSPS) is 14.7. The molecular weight excluding hydrogens is 204 g/mol. The summed E-state index contributed by atoms with van der Waals surface area (Å²) in [5.41, 5.74) is -0.122. The van der Waals surface area contributed by atoms with Crippen LogP contribution in [0.15, 0.2) is 18.2 Å². The van der Waals surface area contributed by atoms with Crippen LogP contribution < -0.4 is 9.47 Å². The molecule has 0 fully saturated rings. The summed E-state index contributed by atoms with van der Waals surface area (Å²) >= 11 is 0. The first-order valence-electron chi connectivity index (χ1n) is 5.38. The van der Waals surface area contributed by atoms with E-state index in [2.05, 4.69) is 0 Å². The third kappa shape index (κ3) is 2.30. The molecule has 3 heteroatoms. The van der Waals surface area contributed by atoms with Crippen LogP contribution in [-0.4, -0.2) is 19.3 Å². The summed E-state index contributed by atoms with van der Waals surface area (Å²) in [5, 5.41) is 10.4. The lowest BCUT2D eigenvalue weighted by atomic mass is 9.84. The Morgan fingerprint density at radius 2 is 1.81 bits per heavy atom. The van der Waals surface area contributed by atoms with Crippen molar-refractivity contribution in [1.29, 1.82) is 0 Å². The fourth-order valence-corrected chi connectivity index (χ4v) is 1.53. The van der Waals surface area contributed by atoms with E-state index in [1.807, 2.05) is 26.0 Å². The first-order chi connectivity index (χ1) is 7.43. The second kappa shape index (κ2) is 4.74. The van der Waals surface area contributed by atoms with E-state index < -0.39 is 5.60 Å². The number of hydrogen-bond acceptors (Lipinski definition) is 3. The van der Waals surface area contributed by atoms with Crippen LogP contribution in [0.25, 0.3) is 0 Å². The largest absolute Gasteiger partial charge is 0.497 e. The minimum atomic E-state index is -0.905. The Bertz CT molecular complexity index is 356. The van der Waals surface area contributed by atoms with Crippen molar-refractivity contribution in [3.05, 3.63) is 23.8 Å². The van der Waals surface area contributed by atoms with Gasteiger partial charge in [0.15, 0.2) is 0 Å². The van der Waals surface area contributed by atoms with Gasteiger partial charge in [-0.1, -0.05) is 13.8 Å². The molecular formula is C13H20O3. The number of hydrogen-bond donors (Lipinski definition) is 1. The van der Waals surface area contributed by atoms with Crippen molar-refractivity contribution in [2.24, 2.45) is 5.92 Å². The first kappa shape index (κ1) is 12.8. The van der Waals surface area contributed by atoms with E-state index in [0.717, 1.165) is 11.3 Å². The van der Waals surface area contributed by atoms with Gasteiger partial charge in [-0.05, 0) is 25.0 Å². The Labute approximate surface area is 97.0 Å². The van der Waals surface area contributed by atoms with Gasteiger partial charge in [0.05, 0.1) is 19.8 Å². The summed E-state index contributed by atoms with van der Waals surface area (Å²) in [6.07, 6.45) is 0. The highest BCUT2D eigenvalue weighted by Gasteiger charge is 2.30. The first-order valence-corrected chi connectivity index (χ1v) is 5.38. The number of ether oxygens (including phenoxy) is 2. The maximum atomic E-state index is 10.4. The van der Waals surface area contributed by atoms with Gasteiger partial charge in [-0.25, -0.2) is 0 Å². The molecule has 16 heavy (non-hydrogen) atoms. The van der Waals surface area contributed by atoms with Crippen molar-refractivity contribution in [3.63, 3.8) is 0 Å². The number of rotatable bonds is 4. The molecule has 0 aliphatic carbocycles. The van der Waals surface area contributed by atoms with Gasteiger partial charge in [0.1, 0.15) is 11.5 Å². The summed E-state index contributed by atoms with van der Waals surface area (Å²) in [5.74, 6) is 1.48. The van der Waals surface area contributed by atoms with Crippen molar-refractivity contribution in [1.82, 2.24) is 0 Å². The van der Waals surface area contributed by atoms with Crippen LogP contribution in [0, 0.1) is 5.92 Å². The molecule has 1 N–H and O–H groups in total. The molecule has 0 saturated heterocycles. The van der Waals surface area contributed by atoms with E-state index in [9.17, 15) is 5.11 Å².